The SMILES string of the molecule is O=S1(=O)c2ccccc2CC2CCCC21. The number of hydrogen-bond donors (Lipinski definition) is 0. The Labute approximate surface area is 90.2 Å². The molecule has 2 nitrogen and oxygen atoms in total. The highest BCUT2D eigenvalue weighted by atomic mass is 32.2. The Morgan fingerprint density at radius 1 is 1.13 bits per heavy atom. The summed E-state index contributed by atoms with van der Waals surface area (Å²) in [5, 5.41) is -0.0904. The van der Waals surface area contributed by atoms with Gasteiger partial charge in [0.15, 0.2) is 9.84 Å². The van der Waals surface area contributed by atoms with E-state index < -0.39 is 9.84 Å². The molecule has 1 aromatic rings. The number of sulfone groups is 1. The lowest BCUT2D eigenvalue weighted by molar-refractivity contribution is 0.494. The average molecular weight is 222 g/mol. The molecule has 1 aromatic carbocycles. The van der Waals surface area contributed by atoms with E-state index in [2.05, 4.69) is 0 Å². The van der Waals surface area contributed by atoms with Crippen molar-refractivity contribution < 1.29 is 8.42 Å². The first-order valence-corrected chi connectivity index (χ1v) is 7.06. The molecule has 3 rings (SSSR count). The zero-order chi connectivity index (χ0) is 10.5. The van der Waals surface area contributed by atoms with Crippen LogP contribution in [-0.4, -0.2) is 13.7 Å². The summed E-state index contributed by atoms with van der Waals surface area (Å²) in [6, 6.07) is 7.48. The molecular weight excluding hydrogens is 208 g/mol. The van der Waals surface area contributed by atoms with Crippen LogP contribution < -0.4 is 0 Å². The minimum Gasteiger partial charge on any atom is -0.223 e. The molecule has 15 heavy (non-hydrogen) atoms. The molecule has 0 aromatic heterocycles. The topological polar surface area (TPSA) is 34.1 Å². The van der Waals surface area contributed by atoms with E-state index in [0.717, 1.165) is 31.2 Å². The summed E-state index contributed by atoms with van der Waals surface area (Å²) < 4.78 is 24.6. The lowest BCUT2D eigenvalue weighted by Gasteiger charge is -2.27. The van der Waals surface area contributed by atoms with E-state index in [9.17, 15) is 8.42 Å². The van der Waals surface area contributed by atoms with Gasteiger partial charge in [0.2, 0.25) is 0 Å². The van der Waals surface area contributed by atoms with Crippen LogP contribution in [0.4, 0.5) is 0 Å². The molecule has 1 saturated carbocycles. The van der Waals surface area contributed by atoms with Gasteiger partial charge in [-0.25, -0.2) is 8.42 Å². The molecule has 2 atom stereocenters. The smallest absolute Gasteiger partial charge is 0.181 e. The molecular formula is C12H14O2S. The normalized spacial score (nSPS) is 32.0. The number of rotatable bonds is 0. The summed E-state index contributed by atoms with van der Waals surface area (Å²) in [5.74, 6) is 0.380. The third-order valence-electron chi connectivity index (χ3n) is 3.75. The molecule has 2 unspecified atom stereocenters. The van der Waals surface area contributed by atoms with Gasteiger partial charge in [0.25, 0.3) is 0 Å². The molecule has 1 aliphatic carbocycles. The lowest BCUT2D eigenvalue weighted by atomic mass is 9.97. The van der Waals surface area contributed by atoms with Gasteiger partial charge in [-0.15, -0.1) is 0 Å². The van der Waals surface area contributed by atoms with Crippen molar-refractivity contribution in [2.24, 2.45) is 5.92 Å². The predicted octanol–water partition coefficient (Wildman–Crippen LogP) is 2.19. The van der Waals surface area contributed by atoms with E-state index in [-0.39, 0.29) is 5.25 Å². The van der Waals surface area contributed by atoms with Crippen molar-refractivity contribution in [2.45, 2.75) is 35.8 Å². The van der Waals surface area contributed by atoms with Crippen molar-refractivity contribution in [3.05, 3.63) is 29.8 Å². The Morgan fingerprint density at radius 3 is 2.80 bits per heavy atom. The van der Waals surface area contributed by atoms with Crippen molar-refractivity contribution in [1.82, 2.24) is 0 Å². The van der Waals surface area contributed by atoms with Gasteiger partial charge in [-0.2, -0.15) is 0 Å². The molecule has 3 heteroatoms. The molecule has 1 fully saturated rings. The first-order chi connectivity index (χ1) is 7.19. The summed E-state index contributed by atoms with van der Waals surface area (Å²) in [4.78, 5) is 0.591. The van der Waals surface area contributed by atoms with Crippen LogP contribution in [0.15, 0.2) is 29.2 Å². The quantitative estimate of drug-likeness (QED) is 0.674. The Hall–Kier alpha value is -0.830. The monoisotopic (exact) mass is 222 g/mol. The number of fused-ring (bicyclic) bond motifs is 2. The summed E-state index contributed by atoms with van der Waals surface area (Å²) >= 11 is 0. The van der Waals surface area contributed by atoms with Crippen LogP contribution in [0.2, 0.25) is 0 Å². The van der Waals surface area contributed by atoms with E-state index in [0.29, 0.717) is 10.8 Å². The van der Waals surface area contributed by atoms with Gasteiger partial charge in [0.1, 0.15) is 0 Å². The van der Waals surface area contributed by atoms with Crippen molar-refractivity contribution in [3.63, 3.8) is 0 Å². The molecule has 1 aliphatic heterocycles. The fourth-order valence-corrected chi connectivity index (χ4v) is 5.37. The van der Waals surface area contributed by atoms with Gasteiger partial charge in [0, 0.05) is 0 Å². The average Bonchev–Trinajstić information content (AvgIpc) is 2.67. The van der Waals surface area contributed by atoms with Crippen LogP contribution >= 0.6 is 0 Å². The molecule has 80 valence electrons. The summed E-state index contributed by atoms with van der Waals surface area (Å²) in [7, 11) is -3.02. The first-order valence-electron chi connectivity index (χ1n) is 5.51. The van der Waals surface area contributed by atoms with Crippen LogP contribution in [0.25, 0.3) is 0 Å². The summed E-state index contributed by atoms with van der Waals surface area (Å²) in [5.41, 5.74) is 1.03. The van der Waals surface area contributed by atoms with Crippen molar-refractivity contribution in [1.29, 1.82) is 0 Å². The highest BCUT2D eigenvalue weighted by Gasteiger charge is 2.42. The fraction of sp³-hybridized carbons (Fsp3) is 0.500. The molecule has 2 aliphatic rings. The van der Waals surface area contributed by atoms with Crippen molar-refractivity contribution in [2.75, 3.05) is 0 Å². The van der Waals surface area contributed by atoms with E-state index >= 15 is 0 Å². The van der Waals surface area contributed by atoms with E-state index in [1.165, 1.54) is 0 Å². The maximum absolute atomic E-state index is 12.3. The van der Waals surface area contributed by atoms with Gasteiger partial charge in [0.05, 0.1) is 10.1 Å². The highest BCUT2D eigenvalue weighted by Crippen LogP contribution is 2.42. The summed E-state index contributed by atoms with van der Waals surface area (Å²) in [6.07, 6.45) is 3.97. The van der Waals surface area contributed by atoms with Gasteiger partial charge < -0.3 is 0 Å². The zero-order valence-corrected chi connectivity index (χ0v) is 9.33. The van der Waals surface area contributed by atoms with Crippen LogP contribution in [0.1, 0.15) is 24.8 Å². The minimum atomic E-state index is -3.02. The zero-order valence-electron chi connectivity index (χ0n) is 8.52. The van der Waals surface area contributed by atoms with Crippen molar-refractivity contribution >= 4 is 9.84 Å². The van der Waals surface area contributed by atoms with Gasteiger partial charge >= 0.3 is 0 Å². The molecule has 0 saturated heterocycles. The molecule has 1 heterocycles. The minimum absolute atomic E-state index is 0.0904. The Bertz CT molecular complexity index is 490. The number of hydrogen-bond acceptors (Lipinski definition) is 2. The Morgan fingerprint density at radius 2 is 1.93 bits per heavy atom. The molecule has 0 bridgehead atoms. The largest absolute Gasteiger partial charge is 0.223 e. The van der Waals surface area contributed by atoms with Crippen LogP contribution in [-0.2, 0) is 16.3 Å². The van der Waals surface area contributed by atoms with Crippen LogP contribution in [0, 0.1) is 5.92 Å². The third kappa shape index (κ3) is 1.26. The summed E-state index contributed by atoms with van der Waals surface area (Å²) in [6.45, 7) is 0. The second-order valence-corrected chi connectivity index (χ2v) is 6.72. The highest BCUT2D eigenvalue weighted by molar-refractivity contribution is 7.92. The maximum Gasteiger partial charge on any atom is 0.181 e. The van der Waals surface area contributed by atoms with Crippen molar-refractivity contribution in [3.8, 4) is 0 Å². The van der Waals surface area contributed by atoms with Gasteiger partial charge in [-0.05, 0) is 36.8 Å². The van der Waals surface area contributed by atoms with Gasteiger partial charge in [-0.1, -0.05) is 24.6 Å². The van der Waals surface area contributed by atoms with E-state index in [1.807, 2.05) is 18.2 Å². The van der Waals surface area contributed by atoms with Crippen LogP contribution in [0.3, 0.4) is 0 Å². The molecule has 0 radical (unpaired) electrons. The molecule has 0 spiro atoms. The standard InChI is InChI=1S/C12H14O2S/c13-15(14)11-6-2-1-4-9(11)8-10-5-3-7-12(10)15/h1-2,4,6,10,12H,3,5,7-8H2. The Kier molecular flexibility index (Phi) is 1.93. The Balaban J connectivity index is 2.21. The predicted molar refractivity (Wildman–Crippen MR) is 58.5 cm³/mol. The number of benzene rings is 1. The van der Waals surface area contributed by atoms with Gasteiger partial charge in [-0.3, -0.25) is 0 Å². The van der Waals surface area contributed by atoms with E-state index in [1.54, 1.807) is 6.07 Å². The maximum atomic E-state index is 12.3. The second kappa shape index (κ2) is 3.08. The second-order valence-electron chi connectivity index (χ2n) is 4.59. The lowest BCUT2D eigenvalue weighted by Crippen LogP contribution is -2.32. The first kappa shape index (κ1) is 9.40. The van der Waals surface area contributed by atoms with E-state index in [4.69, 9.17) is 0 Å². The third-order valence-corrected chi connectivity index (χ3v) is 6.18. The fourth-order valence-electron chi connectivity index (χ4n) is 3.04. The molecule has 0 N–H and O–H groups in total. The van der Waals surface area contributed by atoms with Crippen LogP contribution in [0.5, 0.6) is 0 Å². The molecule has 0 amide bonds.